The Labute approximate surface area is 454 Å². The van der Waals surface area contributed by atoms with Gasteiger partial charge in [0.25, 0.3) is 0 Å². The number of fused-ring (bicyclic) bond motifs is 18. The maximum Gasteiger partial charge on any atom is 0.320 e. The van der Waals surface area contributed by atoms with Crippen molar-refractivity contribution in [2.75, 3.05) is 62.2 Å². The summed E-state index contributed by atoms with van der Waals surface area (Å²) in [7, 11) is 0. The standard InChI is InChI=1S/C58H76N8O5S3/c1-55(2,3)41-21-35-29-59-13-14-60(51(59)71)30-36-22-42(56(4,5)6)25-39(48(36)68)33-63-17-19-65(53(63)73)45-27-44(58(10,11)12)28-46(50(45)70)66-20-18-64(54(66)74)34-40-26-43(57(7,8)9)24-38(49(40)69)32-62-16-15-61(52(62)72)31-37(23-41)47(35)67/h21-28,67-70H,13-20,29-34H2,1-12H3. The Bertz CT molecular complexity index is 2770. The number of thiocarbonyl (C=S) groups is 3. The molecule has 74 heavy (non-hydrogen) atoms. The van der Waals surface area contributed by atoms with Gasteiger partial charge >= 0.3 is 6.03 Å². The summed E-state index contributed by atoms with van der Waals surface area (Å²) in [5, 5.41) is 50.6. The predicted octanol–water partition coefficient (Wildman–Crippen LogP) is 10.3. The van der Waals surface area contributed by atoms with E-state index in [-0.39, 0.29) is 63.8 Å². The summed E-state index contributed by atoms with van der Waals surface area (Å²) in [6, 6.07) is 16.3. The maximum atomic E-state index is 14.4. The summed E-state index contributed by atoms with van der Waals surface area (Å²) in [5.74, 6) is 0.574. The third kappa shape index (κ3) is 10.3. The number of hydrogen-bond acceptors (Lipinski definition) is 8. The molecule has 4 fully saturated rings. The topological polar surface area (TPSA) is 124 Å². The van der Waals surface area contributed by atoms with Crippen molar-refractivity contribution in [1.82, 2.24) is 29.4 Å². The summed E-state index contributed by atoms with van der Waals surface area (Å²) >= 11 is 18.8. The van der Waals surface area contributed by atoms with Crippen LogP contribution < -0.4 is 9.80 Å². The lowest BCUT2D eigenvalue weighted by Crippen LogP contribution is -2.33. The summed E-state index contributed by atoms with van der Waals surface area (Å²) in [6.45, 7) is 32.1. The number of carbonyl (C=O) groups excluding carboxylic acids is 1. The number of phenols is 4. The quantitative estimate of drug-likeness (QED) is 0.125. The first-order chi connectivity index (χ1) is 34.5. The number of phenolic OH excluding ortho intramolecular Hbond substituents is 4. The van der Waals surface area contributed by atoms with Gasteiger partial charge in [-0.05, 0) is 129 Å². The molecule has 0 atom stereocenters. The van der Waals surface area contributed by atoms with Gasteiger partial charge in [-0.15, -0.1) is 0 Å². The van der Waals surface area contributed by atoms with Crippen LogP contribution in [0, 0.1) is 0 Å². The molecule has 4 saturated heterocycles. The van der Waals surface area contributed by atoms with Crippen molar-refractivity contribution >= 4 is 69.4 Å². The average molecular weight is 1060 g/mol. The van der Waals surface area contributed by atoms with Gasteiger partial charge in [0, 0.05) is 112 Å². The Kier molecular flexibility index (Phi) is 13.8. The fourth-order valence-electron chi connectivity index (χ4n) is 10.7. The molecule has 4 N–H and O–H groups in total. The number of hydrogen-bond donors (Lipinski definition) is 4. The molecule has 9 rings (SSSR count). The molecule has 13 nitrogen and oxygen atoms in total. The van der Waals surface area contributed by atoms with Crippen LogP contribution in [-0.2, 0) is 60.9 Å². The van der Waals surface area contributed by atoms with Crippen molar-refractivity contribution in [3.05, 3.63) is 104 Å². The molecule has 0 aromatic heterocycles. The summed E-state index contributed by atoms with van der Waals surface area (Å²) < 4.78 is 0. The van der Waals surface area contributed by atoms with E-state index in [0.29, 0.717) is 122 Å². The molecule has 4 aromatic carbocycles. The van der Waals surface area contributed by atoms with Crippen molar-refractivity contribution < 1.29 is 25.2 Å². The molecule has 16 heteroatoms. The monoisotopic (exact) mass is 1060 g/mol. The van der Waals surface area contributed by atoms with Crippen molar-refractivity contribution in [1.29, 1.82) is 0 Å². The molecule has 5 heterocycles. The zero-order valence-corrected chi connectivity index (χ0v) is 48.0. The van der Waals surface area contributed by atoms with Crippen molar-refractivity contribution in [2.24, 2.45) is 0 Å². The van der Waals surface area contributed by atoms with Crippen LogP contribution in [0.4, 0.5) is 16.2 Å². The smallest absolute Gasteiger partial charge is 0.320 e. The third-order valence-electron chi connectivity index (χ3n) is 15.6. The summed E-state index contributed by atoms with van der Waals surface area (Å²) in [6.07, 6.45) is 0. The van der Waals surface area contributed by atoms with Gasteiger partial charge in [0.15, 0.2) is 21.1 Å². The Morgan fingerprint density at radius 1 is 0.338 bits per heavy atom. The van der Waals surface area contributed by atoms with Gasteiger partial charge in [0.05, 0.1) is 24.5 Å². The van der Waals surface area contributed by atoms with Gasteiger partial charge in [0.1, 0.15) is 17.2 Å². The molecule has 0 radical (unpaired) electrons. The Morgan fingerprint density at radius 2 is 0.568 bits per heavy atom. The fourth-order valence-corrected chi connectivity index (χ4v) is 11.7. The lowest BCUT2D eigenvalue weighted by atomic mass is 9.84. The number of amides is 2. The van der Waals surface area contributed by atoms with Gasteiger partial charge in [-0.3, -0.25) is 0 Å². The largest absolute Gasteiger partial charge is 0.507 e. The van der Waals surface area contributed by atoms with Crippen LogP contribution in [0.15, 0.2) is 48.5 Å². The van der Waals surface area contributed by atoms with E-state index in [4.69, 9.17) is 36.7 Å². The second kappa shape index (κ2) is 19.2. The van der Waals surface area contributed by atoms with E-state index in [1.807, 2.05) is 34.1 Å². The number of rotatable bonds is 0. The molecule has 0 unspecified atom stereocenters. The second-order valence-electron chi connectivity index (χ2n) is 25.3. The van der Waals surface area contributed by atoms with E-state index in [9.17, 15) is 25.2 Å². The van der Waals surface area contributed by atoms with Crippen LogP contribution in [0.3, 0.4) is 0 Å². The van der Waals surface area contributed by atoms with E-state index in [2.05, 4.69) is 127 Å². The third-order valence-corrected chi connectivity index (χ3v) is 17.1. The highest BCUT2D eigenvalue weighted by molar-refractivity contribution is 7.80. The first-order valence-corrected chi connectivity index (χ1v) is 27.3. The first kappa shape index (κ1) is 53.3. The lowest BCUT2D eigenvalue weighted by Gasteiger charge is -2.30. The Hall–Kier alpha value is -5.58. The van der Waals surface area contributed by atoms with E-state index in [1.54, 1.807) is 9.80 Å². The van der Waals surface area contributed by atoms with Crippen molar-refractivity contribution in [3.8, 4) is 23.0 Å². The van der Waals surface area contributed by atoms with Crippen LogP contribution in [0.2, 0.25) is 0 Å². The molecular formula is C58H76N8O5S3. The lowest BCUT2D eigenvalue weighted by molar-refractivity contribution is 0.188. The van der Waals surface area contributed by atoms with E-state index >= 15 is 0 Å². The molecule has 396 valence electrons. The average Bonchev–Trinajstić information content (AvgIpc) is 4.05. The highest BCUT2D eigenvalue weighted by Gasteiger charge is 2.38. The van der Waals surface area contributed by atoms with E-state index < -0.39 is 0 Å². The number of nitrogens with zero attached hydrogens (tertiary/aromatic N) is 8. The van der Waals surface area contributed by atoms with Crippen LogP contribution >= 0.6 is 36.7 Å². The number of anilines is 2. The summed E-state index contributed by atoms with van der Waals surface area (Å²) in [4.78, 5) is 30.4. The molecule has 0 saturated carbocycles. The van der Waals surface area contributed by atoms with Gasteiger partial charge in [-0.1, -0.05) is 83.1 Å². The number of carbonyl (C=O) groups is 1. The molecule has 0 aliphatic carbocycles. The van der Waals surface area contributed by atoms with Crippen LogP contribution in [0.5, 0.6) is 23.0 Å². The molecule has 5 aliphatic rings. The SMILES string of the molecule is CC(C)(C)c1cc2c(O)c(c1)CN1CCN(Cc3cc(C(C)(C)C)cc(c3O)CN3CCN(C3=S)c3cc(C(C)(C)C)cc(c3O)N3CCN(Cc4cc(C(C)(C)C)cc(c4O)CN4CCN(C2)C4=O)C3=S)C1=S. The highest BCUT2D eigenvalue weighted by atomic mass is 32.1. The summed E-state index contributed by atoms with van der Waals surface area (Å²) in [5.41, 5.74) is 8.66. The minimum absolute atomic E-state index is 0.0860. The van der Waals surface area contributed by atoms with Gasteiger partial charge in [-0.25, -0.2) is 4.79 Å². The van der Waals surface area contributed by atoms with Crippen molar-refractivity contribution in [2.45, 2.75) is 144 Å². The van der Waals surface area contributed by atoms with Gasteiger partial charge in [-0.2, -0.15) is 0 Å². The normalized spacial score (nSPS) is 18.4. The highest BCUT2D eigenvalue weighted by Crippen LogP contribution is 2.45. The zero-order valence-electron chi connectivity index (χ0n) is 45.5. The molecule has 2 amide bonds. The van der Waals surface area contributed by atoms with Gasteiger partial charge < -0.3 is 59.6 Å². The minimum atomic E-state index is -0.286. The van der Waals surface area contributed by atoms with Crippen LogP contribution in [-0.4, -0.2) is 124 Å². The van der Waals surface area contributed by atoms with Crippen LogP contribution in [0.25, 0.3) is 0 Å². The fraction of sp³-hybridized carbons (Fsp3) is 0.517. The van der Waals surface area contributed by atoms with E-state index in [0.717, 1.165) is 38.9 Å². The molecule has 16 bridgehead atoms. The first-order valence-electron chi connectivity index (χ1n) is 26.1. The Morgan fingerprint density at radius 3 is 0.851 bits per heavy atom. The molecule has 4 aromatic rings. The zero-order chi connectivity index (χ0) is 53.7. The van der Waals surface area contributed by atoms with Crippen LogP contribution in [0.1, 0.15) is 139 Å². The predicted molar refractivity (Wildman–Crippen MR) is 308 cm³/mol. The second-order valence-corrected chi connectivity index (χ2v) is 26.4. The minimum Gasteiger partial charge on any atom is -0.507 e. The van der Waals surface area contributed by atoms with Gasteiger partial charge in [0.2, 0.25) is 0 Å². The maximum absolute atomic E-state index is 14.4. The molecule has 5 aliphatic heterocycles. The Balaban J connectivity index is 1.13. The number of urea groups is 1. The number of aromatic hydroxyl groups is 4. The molecular weight excluding hydrogens is 985 g/mol. The number of benzene rings is 4. The van der Waals surface area contributed by atoms with E-state index in [1.165, 1.54) is 0 Å². The molecule has 0 spiro atoms. The van der Waals surface area contributed by atoms with Crippen molar-refractivity contribution in [3.63, 3.8) is 0 Å².